The molecule has 0 saturated heterocycles. The Morgan fingerprint density at radius 3 is 2.60 bits per heavy atom. The fourth-order valence-corrected chi connectivity index (χ4v) is 2.06. The van der Waals surface area contributed by atoms with Crippen LogP contribution in [0.4, 0.5) is 4.39 Å². The Labute approximate surface area is 117 Å². The highest BCUT2D eigenvalue weighted by Crippen LogP contribution is 2.21. The normalized spacial score (nSPS) is 10.6. The molecule has 0 saturated carbocycles. The van der Waals surface area contributed by atoms with Gasteiger partial charge in [0.1, 0.15) is 18.2 Å². The molecular formula is C16H18FNO2. The predicted molar refractivity (Wildman–Crippen MR) is 75.9 cm³/mol. The predicted octanol–water partition coefficient (Wildman–Crippen LogP) is 2.40. The molecule has 2 aromatic rings. The van der Waals surface area contributed by atoms with Gasteiger partial charge in [-0.25, -0.2) is 4.39 Å². The van der Waals surface area contributed by atoms with Crippen LogP contribution in [-0.4, -0.2) is 11.7 Å². The number of ether oxygens (including phenoxy) is 1. The Morgan fingerprint density at radius 1 is 1.05 bits per heavy atom. The molecule has 3 nitrogen and oxygen atoms in total. The molecule has 2 rings (SSSR count). The summed E-state index contributed by atoms with van der Waals surface area (Å²) in [6.45, 7) is 0.665. The van der Waals surface area contributed by atoms with Crippen molar-refractivity contribution in [3.8, 4) is 5.75 Å². The van der Waals surface area contributed by atoms with Gasteiger partial charge in [0.2, 0.25) is 0 Å². The number of hydrogen-bond acceptors (Lipinski definition) is 3. The van der Waals surface area contributed by atoms with E-state index in [4.69, 9.17) is 15.6 Å². The van der Waals surface area contributed by atoms with Gasteiger partial charge in [0.25, 0.3) is 0 Å². The van der Waals surface area contributed by atoms with E-state index >= 15 is 0 Å². The van der Waals surface area contributed by atoms with E-state index in [2.05, 4.69) is 0 Å². The molecule has 0 aromatic heterocycles. The van der Waals surface area contributed by atoms with Crippen LogP contribution in [0.5, 0.6) is 5.75 Å². The molecule has 0 aliphatic rings. The number of aliphatic hydroxyl groups is 1. The molecule has 0 aliphatic carbocycles. The first-order chi connectivity index (χ1) is 9.74. The summed E-state index contributed by atoms with van der Waals surface area (Å²) in [6.07, 6.45) is 0.531. The van der Waals surface area contributed by atoms with Crippen LogP contribution in [-0.2, 0) is 19.6 Å². The van der Waals surface area contributed by atoms with Gasteiger partial charge in [0.05, 0.1) is 0 Å². The highest BCUT2D eigenvalue weighted by atomic mass is 19.1. The van der Waals surface area contributed by atoms with E-state index in [9.17, 15) is 4.39 Å². The minimum atomic E-state index is -0.301. The van der Waals surface area contributed by atoms with Crippen LogP contribution in [0.2, 0.25) is 0 Å². The fourth-order valence-electron chi connectivity index (χ4n) is 2.06. The lowest BCUT2D eigenvalue weighted by molar-refractivity contribution is 0.283. The van der Waals surface area contributed by atoms with E-state index in [1.165, 1.54) is 12.1 Å². The average molecular weight is 275 g/mol. The third kappa shape index (κ3) is 3.56. The second-order valence-electron chi connectivity index (χ2n) is 4.49. The second-order valence-corrected chi connectivity index (χ2v) is 4.49. The molecule has 0 aliphatic heterocycles. The van der Waals surface area contributed by atoms with Crippen LogP contribution >= 0.6 is 0 Å². The minimum absolute atomic E-state index is 0.0639. The Hall–Kier alpha value is -1.91. The average Bonchev–Trinajstić information content (AvgIpc) is 2.47. The van der Waals surface area contributed by atoms with Crippen LogP contribution in [0, 0.1) is 5.82 Å². The van der Waals surface area contributed by atoms with Gasteiger partial charge in [-0.15, -0.1) is 0 Å². The monoisotopic (exact) mass is 275 g/mol. The SMILES string of the molecule is NCc1ccc(F)cc1COc1ccccc1CCO. The molecular weight excluding hydrogens is 257 g/mol. The van der Waals surface area contributed by atoms with Crippen molar-refractivity contribution in [2.75, 3.05) is 6.61 Å². The lowest BCUT2D eigenvalue weighted by Crippen LogP contribution is -2.06. The first-order valence-corrected chi connectivity index (χ1v) is 6.53. The van der Waals surface area contributed by atoms with Crippen LogP contribution in [0.25, 0.3) is 0 Å². The van der Waals surface area contributed by atoms with Gasteiger partial charge >= 0.3 is 0 Å². The summed E-state index contributed by atoms with van der Waals surface area (Å²) in [5.74, 6) is 0.401. The molecule has 2 aromatic carbocycles. The van der Waals surface area contributed by atoms with Crippen molar-refractivity contribution in [2.45, 2.75) is 19.6 Å². The minimum Gasteiger partial charge on any atom is -0.489 e. The summed E-state index contributed by atoms with van der Waals surface area (Å²) in [6, 6.07) is 12.0. The van der Waals surface area contributed by atoms with Crippen molar-refractivity contribution in [3.05, 3.63) is 65.0 Å². The molecule has 0 heterocycles. The molecule has 0 spiro atoms. The molecule has 3 N–H and O–H groups in total. The molecule has 20 heavy (non-hydrogen) atoms. The van der Waals surface area contributed by atoms with Crippen LogP contribution in [0.3, 0.4) is 0 Å². The van der Waals surface area contributed by atoms with Gasteiger partial charge in [-0.3, -0.25) is 0 Å². The van der Waals surface area contributed by atoms with Gasteiger partial charge in [-0.2, -0.15) is 0 Å². The van der Waals surface area contributed by atoms with Crippen LogP contribution in [0.15, 0.2) is 42.5 Å². The second kappa shape index (κ2) is 7.03. The topological polar surface area (TPSA) is 55.5 Å². The first-order valence-electron chi connectivity index (χ1n) is 6.53. The summed E-state index contributed by atoms with van der Waals surface area (Å²) in [4.78, 5) is 0. The number of hydrogen-bond donors (Lipinski definition) is 2. The van der Waals surface area contributed by atoms with E-state index in [-0.39, 0.29) is 19.0 Å². The third-order valence-electron chi connectivity index (χ3n) is 3.13. The Bertz CT molecular complexity index is 572. The quantitative estimate of drug-likeness (QED) is 0.851. The van der Waals surface area contributed by atoms with Crippen molar-refractivity contribution in [3.63, 3.8) is 0 Å². The molecule has 0 fully saturated rings. The maximum atomic E-state index is 13.3. The maximum Gasteiger partial charge on any atom is 0.123 e. The first kappa shape index (κ1) is 14.5. The summed E-state index contributed by atoms with van der Waals surface area (Å²) in [7, 11) is 0. The number of para-hydroxylation sites is 1. The fraction of sp³-hybridized carbons (Fsp3) is 0.250. The summed E-state index contributed by atoms with van der Waals surface area (Å²) in [5, 5.41) is 9.03. The van der Waals surface area contributed by atoms with Crippen molar-refractivity contribution in [1.29, 1.82) is 0 Å². The van der Waals surface area contributed by atoms with Crippen molar-refractivity contribution >= 4 is 0 Å². The smallest absolute Gasteiger partial charge is 0.123 e. The van der Waals surface area contributed by atoms with Crippen LogP contribution < -0.4 is 10.5 Å². The van der Waals surface area contributed by atoms with E-state index < -0.39 is 0 Å². The number of halogens is 1. The lowest BCUT2D eigenvalue weighted by Gasteiger charge is -2.13. The summed E-state index contributed by atoms with van der Waals surface area (Å²) >= 11 is 0. The van der Waals surface area contributed by atoms with Gasteiger partial charge in [0.15, 0.2) is 0 Å². The number of benzene rings is 2. The molecule has 4 heteroatoms. The van der Waals surface area contributed by atoms with Gasteiger partial charge < -0.3 is 15.6 Å². The number of nitrogens with two attached hydrogens (primary N) is 1. The molecule has 0 radical (unpaired) electrons. The Balaban J connectivity index is 2.14. The molecule has 0 bridgehead atoms. The zero-order chi connectivity index (χ0) is 14.4. The van der Waals surface area contributed by atoms with Crippen molar-refractivity contribution in [2.24, 2.45) is 5.73 Å². The van der Waals surface area contributed by atoms with Gasteiger partial charge in [-0.1, -0.05) is 24.3 Å². The van der Waals surface area contributed by atoms with Crippen molar-refractivity contribution in [1.82, 2.24) is 0 Å². The highest BCUT2D eigenvalue weighted by Gasteiger charge is 2.06. The molecule has 0 atom stereocenters. The Kier molecular flexibility index (Phi) is 5.09. The standard InChI is InChI=1S/C16H18FNO2/c17-15-6-5-13(10-18)14(9-15)11-20-16-4-2-1-3-12(16)7-8-19/h1-6,9,19H,7-8,10-11,18H2. The largest absolute Gasteiger partial charge is 0.489 e. The summed E-state index contributed by atoms with van der Waals surface area (Å²) in [5.41, 5.74) is 8.18. The van der Waals surface area contributed by atoms with E-state index in [0.29, 0.717) is 18.7 Å². The van der Waals surface area contributed by atoms with Crippen molar-refractivity contribution < 1.29 is 14.2 Å². The third-order valence-corrected chi connectivity index (χ3v) is 3.13. The van der Waals surface area contributed by atoms with Gasteiger partial charge in [0, 0.05) is 13.2 Å². The number of aliphatic hydroxyl groups excluding tert-OH is 1. The van der Waals surface area contributed by atoms with E-state index in [0.717, 1.165) is 16.7 Å². The molecule has 0 unspecified atom stereocenters. The molecule has 0 amide bonds. The van der Waals surface area contributed by atoms with Gasteiger partial charge in [-0.05, 0) is 41.3 Å². The van der Waals surface area contributed by atoms with Crippen LogP contribution in [0.1, 0.15) is 16.7 Å². The van der Waals surface area contributed by atoms with E-state index in [1.54, 1.807) is 6.07 Å². The highest BCUT2D eigenvalue weighted by molar-refractivity contribution is 5.34. The lowest BCUT2D eigenvalue weighted by atomic mass is 10.1. The zero-order valence-corrected chi connectivity index (χ0v) is 11.2. The number of rotatable bonds is 6. The summed E-state index contributed by atoms with van der Waals surface area (Å²) < 4.78 is 19.0. The maximum absolute atomic E-state index is 13.3. The Morgan fingerprint density at radius 2 is 1.85 bits per heavy atom. The molecule has 106 valence electrons. The van der Waals surface area contributed by atoms with E-state index in [1.807, 2.05) is 24.3 Å². The zero-order valence-electron chi connectivity index (χ0n) is 11.2.